The summed E-state index contributed by atoms with van der Waals surface area (Å²) in [7, 11) is 2.05. The van der Waals surface area contributed by atoms with Gasteiger partial charge in [-0.1, -0.05) is 31.9 Å². The van der Waals surface area contributed by atoms with Gasteiger partial charge in [0.15, 0.2) is 5.78 Å². The molecule has 0 radical (unpaired) electrons. The van der Waals surface area contributed by atoms with Crippen LogP contribution in [0, 0.1) is 11.7 Å². The SMILES string of the molecule is CC1CCCC(N(C)CC(=O)Cc2ccc(F)cc2)C1. The van der Waals surface area contributed by atoms with E-state index in [1.807, 2.05) is 7.05 Å². The zero-order chi connectivity index (χ0) is 14.5. The molecule has 2 unspecified atom stereocenters. The van der Waals surface area contributed by atoms with Gasteiger partial charge in [-0.05, 0) is 43.5 Å². The predicted molar refractivity (Wildman–Crippen MR) is 79.2 cm³/mol. The smallest absolute Gasteiger partial charge is 0.151 e. The number of likely N-dealkylation sites (N-methyl/N-ethyl adjacent to an activating group) is 1. The Kier molecular flexibility index (Phi) is 5.30. The molecule has 110 valence electrons. The highest BCUT2D eigenvalue weighted by Crippen LogP contribution is 2.26. The van der Waals surface area contributed by atoms with Crippen LogP contribution in [0.2, 0.25) is 0 Å². The minimum Gasteiger partial charge on any atom is -0.298 e. The fraction of sp³-hybridized carbons (Fsp3) is 0.588. The lowest BCUT2D eigenvalue weighted by Crippen LogP contribution is -2.39. The van der Waals surface area contributed by atoms with Crippen molar-refractivity contribution in [3.63, 3.8) is 0 Å². The summed E-state index contributed by atoms with van der Waals surface area (Å²) in [6, 6.07) is 6.74. The lowest BCUT2D eigenvalue weighted by Gasteiger charge is -2.33. The van der Waals surface area contributed by atoms with Gasteiger partial charge in [-0.3, -0.25) is 9.69 Å². The van der Waals surface area contributed by atoms with E-state index in [-0.39, 0.29) is 11.6 Å². The highest BCUT2D eigenvalue weighted by atomic mass is 19.1. The third-order valence-corrected chi connectivity index (χ3v) is 4.27. The number of halogens is 1. The molecule has 20 heavy (non-hydrogen) atoms. The summed E-state index contributed by atoms with van der Waals surface area (Å²) >= 11 is 0. The molecule has 0 aromatic heterocycles. The molecule has 0 aliphatic heterocycles. The second kappa shape index (κ2) is 6.98. The first-order valence-corrected chi connectivity index (χ1v) is 7.51. The summed E-state index contributed by atoms with van der Waals surface area (Å²) in [6.07, 6.45) is 5.37. The molecule has 0 saturated heterocycles. The van der Waals surface area contributed by atoms with Crippen molar-refractivity contribution in [1.29, 1.82) is 0 Å². The summed E-state index contributed by atoms with van der Waals surface area (Å²) < 4.78 is 12.8. The van der Waals surface area contributed by atoms with Gasteiger partial charge in [0.1, 0.15) is 5.82 Å². The van der Waals surface area contributed by atoms with Gasteiger partial charge in [-0.15, -0.1) is 0 Å². The van der Waals surface area contributed by atoms with E-state index in [0.29, 0.717) is 19.0 Å². The molecule has 1 aliphatic rings. The van der Waals surface area contributed by atoms with Crippen molar-refractivity contribution >= 4 is 5.78 Å². The summed E-state index contributed by atoms with van der Waals surface area (Å²) in [4.78, 5) is 14.3. The Morgan fingerprint density at radius 2 is 2.00 bits per heavy atom. The molecule has 0 heterocycles. The largest absolute Gasteiger partial charge is 0.298 e. The Morgan fingerprint density at radius 1 is 1.30 bits per heavy atom. The van der Waals surface area contributed by atoms with E-state index in [9.17, 15) is 9.18 Å². The quantitative estimate of drug-likeness (QED) is 0.821. The van der Waals surface area contributed by atoms with Crippen LogP contribution < -0.4 is 0 Å². The maximum Gasteiger partial charge on any atom is 0.151 e. The Hall–Kier alpha value is -1.22. The van der Waals surface area contributed by atoms with Crippen molar-refractivity contribution in [2.75, 3.05) is 13.6 Å². The predicted octanol–water partition coefficient (Wildman–Crippen LogP) is 3.45. The first kappa shape index (κ1) is 15.2. The molecule has 1 aromatic rings. The topological polar surface area (TPSA) is 20.3 Å². The van der Waals surface area contributed by atoms with Crippen molar-refractivity contribution in [2.45, 2.75) is 45.1 Å². The number of hydrogen-bond donors (Lipinski definition) is 0. The molecule has 3 heteroatoms. The number of rotatable bonds is 5. The average Bonchev–Trinajstić information content (AvgIpc) is 2.41. The van der Waals surface area contributed by atoms with Crippen LogP contribution in [0.5, 0.6) is 0 Å². The van der Waals surface area contributed by atoms with Crippen LogP contribution in [-0.4, -0.2) is 30.3 Å². The van der Waals surface area contributed by atoms with E-state index >= 15 is 0 Å². The summed E-state index contributed by atoms with van der Waals surface area (Å²) in [6.45, 7) is 2.79. The van der Waals surface area contributed by atoms with Crippen LogP contribution >= 0.6 is 0 Å². The van der Waals surface area contributed by atoms with Gasteiger partial charge >= 0.3 is 0 Å². The van der Waals surface area contributed by atoms with Crippen molar-refractivity contribution in [1.82, 2.24) is 4.90 Å². The number of hydrogen-bond acceptors (Lipinski definition) is 2. The number of carbonyl (C=O) groups excluding carboxylic acids is 1. The third kappa shape index (κ3) is 4.41. The van der Waals surface area contributed by atoms with Gasteiger partial charge in [0.25, 0.3) is 0 Å². The summed E-state index contributed by atoms with van der Waals surface area (Å²) in [5.74, 6) is 0.718. The molecule has 0 amide bonds. The fourth-order valence-corrected chi connectivity index (χ4v) is 3.10. The van der Waals surface area contributed by atoms with E-state index in [1.54, 1.807) is 12.1 Å². The Morgan fingerprint density at radius 3 is 2.65 bits per heavy atom. The lowest BCUT2D eigenvalue weighted by atomic mass is 9.86. The Labute approximate surface area is 121 Å². The van der Waals surface area contributed by atoms with Crippen molar-refractivity contribution in [3.8, 4) is 0 Å². The second-order valence-corrected chi connectivity index (χ2v) is 6.18. The fourth-order valence-electron chi connectivity index (χ4n) is 3.10. The standard InChI is InChI=1S/C17H24FNO/c1-13-4-3-5-16(10-13)19(2)12-17(20)11-14-6-8-15(18)9-7-14/h6-9,13,16H,3-5,10-12H2,1-2H3. The number of benzene rings is 1. The molecule has 2 atom stereocenters. The van der Waals surface area contributed by atoms with E-state index in [2.05, 4.69) is 11.8 Å². The van der Waals surface area contributed by atoms with Gasteiger partial charge in [-0.25, -0.2) is 4.39 Å². The second-order valence-electron chi connectivity index (χ2n) is 6.18. The van der Waals surface area contributed by atoms with Crippen LogP contribution in [-0.2, 0) is 11.2 Å². The Bertz CT molecular complexity index is 443. The first-order chi connectivity index (χ1) is 9.54. The number of ketones is 1. The zero-order valence-electron chi connectivity index (χ0n) is 12.4. The monoisotopic (exact) mass is 277 g/mol. The lowest BCUT2D eigenvalue weighted by molar-refractivity contribution is -0.120. The molecular weight excluding hydrogens is 253 g/mol. The highest BCUT2D eigenvalue weighted by molar-refractivity contribution is 5.82. The van der Waals surface area contributed by atoms with Crippen LogP contribution in [0.15, 0.2) is 24.3 Å². The van der Waals surface area contributed by atoms with E-state index in [4.69, 9.17) is 0 Å². The summed E-state index contributed by atoms with van der Waals surface area (Å²) in [5, 5.41) is 0. The molecule has 2 nitrogen and oxygen atoms in total. The van der Waals surface area contributed by atoms with Crippen LogP contribution in [0.4, 0.5) is 4.39 Å². The van der Waals surface area contributed by atoms with Crippen molar-refractivity contribution in [2.24, 2.45) is 5.92 Å². The van der Waals surface area contributed by atoms with Crippen LogP contribution in [0.1, 0.15) is 38.2 Å². The molecule has 2 rings (SSSR count). The molecule has 1 aliphatic carbocycles. The highest BCUT2D eigenvalue weighted by Gasteiger charge is 2.23. The van der Waals surface area contributed by atoms with E-state index < -0.39 is 0 Å². The van der Waals surface area contributed by atoms with Gasteiger partial charge in [0.2, 0.25) is 0 Å². The number of nitrogens with zero attached hydrogens (tertiary/aromatic N) is 1. The van der Waals surface area contributed by atoms with Gasteiger partial charge in [0, 0.05) is 12.5 Å². The molecular formula is C17H24FNO. The van der Waals surface area contributed by atoms with E-state index in [0.717, 1.165) is 11.5 Å². The number of Topliss-reactive ketones (excluding diaryl/α,β-unsaturated/α-hetero) is 1. The minimum atomic E-state index is -0.255. The van der Waals surface area contributed by atoms with Gasteiger partial charge in [0.05, 0.1) is 6.54 Å². The Balaban J connectivity index is 1.82. The maximum absolute atomic E-state index is 12.8. The maximum atomic E-state index is 12.8. The van der Waals surface area contributed by atoms with Gasteiger partial charge in [-0.2, -0.15) is 0 Å². The normalized spacial score (nSPS) is 23.0. The molecule has 0 spiro atoms. The van der Waals surface area contributed by atoms with Crippen molar-refractivity contribution in [3.05, 3.63) is 35.6 Å². The van der Waals surface area contributed by atoms with Gasteiger partial charge < -0.3 is 0 Å². The zero-order valence-corrected chi connectivity index (χ0v) is 12.4. The number of carbonyl (C=O) groups is 1. The summed E-state index contributed by atoms with van der Waals surface area (Å²) in [5.41, 5.74) is 0.891. The average molecular weight is 277 g/mol. The minimum absolute atomic E-state index is 0.206. The first-order valence-electron chi connectivity index (χ1n) is 7.51. The van der Waals surface area contributed by atoms with E-state index in [1.165, 1.54) is 37.8 Å². The van der Waals surface area contributed by atoms with Crippen LogP contribution in [0.25, 0.3) is 0 Å². The molecule has 0 N–H and O–H groups in total. The molecule has 1 saturated carbocycles. The third-order valence-electron chi connectivity index (χ3n) is 4.27. The van der Waals surface area contributed by atoms with Crippen LogP contribution in [0.3, 0.4) is 0 Å². The molecule has 1 fully saturated rings. The molecule has 0 bridgehead atoms. The molecule has 1 aromatic carbocycles. The van der Waals surface area contributed by atoms with Crippen molar-refractivity contribution < 1.29 is 9.18 Å².